The molecule has 0 radical (unpaired) electrons. The number of benzene rings is 1. The molecular weight excluding hydrogens is 346 g/mol. The number of alkyl halides is 1. The van der Waals surface area contributed by atoms with E-state index >= 15 is 0 Å². The molecule has 0 heterocycles. The summed E-state index contributed by atoms with van der Waals surface area (Å²) in [5.41, 5.74) is 0.361. The zero-order valence-electron chi connectivity index (χ0n) is 8.20. The number of carbonyl (C=O) groups is 1. The maximum atomic E-state index is 11.5. The van der Waals surface area contributed by atoms with E-state index in [0.717, 1.165) is 0 Å². The van der Waals surface area contributed by atoms with E-state index in [1.165, 1.54) is 19.2 Å². The fourth-order valence-electron chi connectivity index (χ4n) is 1.24. The van der Waals surface area contributed by atoms with E-state index in [1.54, 1.807) is 0 Å². The highest BCUT2D eigenvalue weighted by molar-refractivity contribution is 9.10. The third-order valence-corrected chi connectivity index (χ3v) is 3.18. The highest BCUT2D eigenvalue weighted by atomic mass is 79.9. The standard InChI is InChI=1S/C9H7Br2NO4/c1-16-9(13)8-5(4-10)7(12(14)15)3-2-6(8)11/h2-3H,4H2,1H3. The van der Waals surface area contributed by atoms with E-state index in [1.807, 2.05) is 0 Å². The SMILES string of the molecule is COC(=O)c1c(Br)ccc([N+](=O)[O-])c1CBr. The van der Waals surface area contributed by atoms with E-state index < -0.39 is 10.9 Å². The summed E-state index contributed by atoms with van der Waals surface area (Å²) < 4.78 is 5.05. The van der Waals surface area contributed by atoms with Crippen LogP contribution in [0.5, 0.6) is 0 Å². The van der Waals surface area contributed by atoms with Gasteiger partial charge in [-0.15, -0.1) is 0 Å². The highest BCUT2D eigenvalue weighted by Gasteiger charge is 2.24. The molecule has 7 heteroatoms. The van der Waals surface area contributed by atoms with Crippen LogP contribution in [0.15, 0.2) is 16.6 Å². The second-order valence-corrected chi connectivity index (χ2v) is 4.22. The number of hydrogen-bond acceptors (Lipinski definition) is 4. The molecule has 0 unspecified atom stereocenters. The second kappa shape index (κ2) is 5.40. The van der Waals surface area contributed by atoms with Gasteiger partial charge in [-0.2, -0.15) is 0 Å². The molecule has 1 aromatic carbocycles. The Morgan fingerprint density at radius 3 is 2.62 bits per heavy atom. The van der Waals surface area contributed by atoms with E-state index in [-0.39, 0.29) is 16.6 Å². The van der Waals surface area contributed by atoms with Gasteiger partial charge in [-0.25, -0.2) is 4.79 Å². The lowest BCUT2D eigenvalue weighted by atomic mass is 10.1. The minimum atomic E-state index is -0.606. The summed E-state index contributed by atoms with van der Waals surface area (Å²) in [6, 6.07) is 2.80. The summed E-state index contributed by atoms with van der Waals surface area (Å²) in [6.07, 6.45) is 0. The Kier molecular flexibility index (Phi) is 4.43. The maximum Gasteiger partial charge on any atom is 0.339 e. The van der Waals surface area contributed by atoms with Crippen LogP contribution < -0.4 is 0 Å². The summed E-state index contributed by atoms with van der Waals surface area (Å²) in [7, 11) is 1.23. The van der Waals surface area contributed by atoms with Crippen LogP contribution in [-0.2, 0) is 10.1 Å². The number of methoxy groups -OCH3 is 1. The van der Waals surface area contributed by atoms with Gasteiger partial charge in [0.25, 0.3) is 5.69 Å². The van der Waals surface area contributed by atoms with Crippen molar-refractivity contribution in [1.82, 2.24) is 0 Å². The Morgan fingerprint density at radius 1 is 1.56 bits per heavy atom. The van der Waals surface area contributed by atoms with Crippen molar-refractivity contribution in [3.05, 3.63) is 37.8 Å². The molecule has 5 nitrogen and oxygen atoms in total. The minimum Gasteiger partial charge on any atom is -0.465 e. The fourth-order valence-corrected chi connectivity index (χ4v) is 2.34. The van der Waals surface area contributed by atoms with Crippen LogP contribution in [0.3, 0.4) is 0 Å². The molecule has 0 aliphatic rings. The van der Waals surface area contributed by atoms with Gasteiger partial charge in [0.05, 0.1) is 23.2 Å². The lowest BCUT2D eigenvalue weighted by Gasteiger charge is -2.08. The van der Waals surface area contributed by atoms with Crippen molar-refractivity contribution in [3.8, 4) is 0 Å². The number of carbonyl (C=O) groups excluding carboxylic acids is 1. The molecule has 1 rings (SSSR count). The smallest absolute Gasteiger partial charge is 0.339 e. The molecular formula is C9H7Br2NO4. The van der Waals surface area contributed by atoms with Gasteiger partial charge in [-0.3, -0.25) is 10.1 Å². The van der Waals surface area contributed by atoms with Gasteiger partial charge in [-0.05, 0) is 22.0 Å². The van der Waals surface area contributed by atoms with Crippen molar-refractivity contribution in [2.24, 2.45) is 0 Å². The molecule has 0 saturated heterocycles. The average Bonchev–Trinajstić information content (AvgIpc) is 2.26. The highest BCUT2D eigenvalue weighted by Crippen LogP contribution is 2.31. The number of nitro groups is 1. The summed E-state index contributed by atoms with van der Waals surface area (Å²) in [5.74, 6) is -0.606. The predicted octanol–water partition coefficient (Wildman–Crippen LogP) is 3.04. The van der Waals surface area contributed by atoms with Gasteiger partial charge >= 0.3 is 5.97 Å². The molecule has 0 bridgehead atoms. The first-order chi connectivity index (χ1) is 7.52. The summed E-state index contributed by atoms with van der Waals surface area (Å²) in [5, 5.41) is 11.0. The number of nitrogens with zero attached hydrogens (tertiary/aromatic N) is 1. The fraction of sp³-hybridized carbons (Fsp3) is 0.222. The van der Waals surface area contributed by atoms with Crippen molar-refractivity contribution in [2.45, 2.75) is 5.33 Å². The Bertz CT molecular complexity index is 447. The quantitative estimate of drug-likeness (QED) is 0.363. The zero-order valence-corrected chi connectivity index (χ0v) is 11.4. The molecule has 1 aromatic rings. The third-order valence-electron chi connectivity index (χ3n) is 1.96. The topological polar surface area (TPSA) is 69.4 Å². The van der Waals surface area contributed by atoms with Crippen molar-refractivity contribution in [3.63, 3.8) is 0 Å². The Hall–Kier alpha value is -0.950. The molecule has 0 aliphatic carbocycles. The first kappa shape index (κ1) is 13.1. The minimum absolute atomic E-state index is 0.111. The van der Waals surface area contributed by atoms with Crippen LogP contribution in [0.1, 0.15) is 15.9 Å². The number of nitro benzene ring substituents is 1. The van der Waals surface area contributed by atoms with Crippen LogP contribution in [0, 0.1) is 10.1 Å². The summed E-state index contributed by atoms with van der Waals surface area (Å²) in [4.78, 5) is 21.7. The molecule has 0 aliphatic heterocycles. The largest absolute Gasteiger partial charge is 0.465 e. The van der Waals surface area contributed by atoms with Crippen LogP contribution in [-0.4, -0.2) is 18.0 Å². The molecule has 16 heavy (non-hydrogen) atoms. The lowest BCUT2D eigenvalue weighted by molar-refractivity contribution is -0.385. The van der Waals surface area contributed by atoms with E-state index in [2.05, 4.69) is 36.6 Å². The second-order valence-electron chi connectivity index (χ2n) is 2.80. The van der Waals surface area contributed by atoms with Gasteiger partial charge in [-0.1, -0.05) is 15.9 Å². The Balaban J connectivity index is 3.50. The molecule has 0 atom stereocenters. The van der Waals surface area contributed by atoms with Crippen LogP contribution >= 0.6 is 31.9 Å². The number of esters is 1. The average molecular weight is 353 g/mol. The van der Waals surface area contributed by atoms with Crippen LogP contribution in [0.4, 0.5) is 5.69 Å². The van der Waals surface area contributed by atoms with Crippen molar-refractivity contribution < 1.29 is 14.5 Å². The molecule has 0 saturated carbocycles. The Morgan fingerprint density at radius 2 is 2.19 bits per heavy atom. The lowest BCUT2D eigenvalue weighted by Crippen LogP contribution is -2.08. The first-order valence-electron chi connectivity index (χ1n) is 4.13. The first-order valence-corrected chi connectivity index (χ1v) is 6.04. The predicted molar refractivity (Wildman–Crippen MR) is 64.8 cm³/mol. The zero-order chi connectivity index (χ0) is 12.3. The third kappa shape index (κ3) is 2.41. The van der Waals surface area contributed by atoms with Gasteiger partial charge in [0, 0.05) is 15.9 Å². The van der Waals surface area contributed by atoms with Gasteiger partial charge in [0.1, 0.15) is 0 Å². The molecule has 86 valence electrons. The van der Waals surface area contributed by atoms with E-state index in [0.29, 0.717) is 10.0 Å². The molecule has 0 aromatic heterocycles. The molecule has 0 spiro atoms. The van der Waals surface area contributed by atoms with Crippen molar-refractivity contribution in [2.75, 3.05) is 7.11 Å². The maximum absolute atomic E-state index is 11.5. The summed E-state index contributed by atoms with van der Waals surface area (Å²) in [6.45, 7) is 0. The number of ether oxygens (including phenoxy) is 1. The van der Waals surface area contributed by atoms with Crippen LogP contribution in [0.2, 0.25) is 0 Å². The van der Waals surface area contributed by atoms with Crippen molar-refractivity contribution >= 4 is 43.5 Å². The number of hydrogen-bond donors (Lipinski definition) is 0. The Labute approximate surface area is 108 Å². The molecule has 0 N–H and O–H groups in total. The number of rotatable bonds is 3. The van der Waals surface area contributed by atoms with Crippen molar-refractivity contribution in [1.29, 1.82) is 0 Å². The van der Waals surface area contributed by atoms with E-state index in [9.17, 15) is 14.9 Å². The molecule has 0 amide bonds. The normalized spacial score (nSPS) is 9.94. The van der Waals surface area contributed by atoms with E-state index in [4.69, 9.17) is 0 Å². The summed E-state index contributed by atoms with van der Waals surface area (Å²) >= 11 is 6.29. The monoisotopic (exact) mass is 351 g/mol. The van der Waals surface area contributed by atoms with Crippen LogP contribution in [0.25, 0.3) is 0 Å². The van der Waals surface area contributed by atoms with Gasteiger partial charge < -0.3 is 4.74 Å². The molecule has 0 fully saturated rings. The van der Waals surface area contributed by atoms with Gasteiger partial charge in [0.15, 0.2) is 0 Å². The number of halogens is 2. The van der Waals surface area contributed by atoms with Gasteiger partial charge in [0.2, 0.25) is 0 Å².